The number of carbonyl (C=O) groups is 1. The van der Waals surface area contributed by atoms with Crippen LogP contribution in [0, 0.1) is 11.3 Å². The second-order valence-electron chi connectivity index (χ2n) is 8.99. The van der Waals surface area contributed by atoms with Crippen LogP contribution in [0.15, 0.2) is 23.1 Å². The number of nitrogens with zero attached hydrogens (tertiary/aromatic N) is 2. The Kier molecular flexibility index (Phi) is 4.63. The van der Waals surface area contributed by atoms with Crippen molar-refractivity contribution in [2.75, 3.05) is 13.7 Å². The topological polar surface area (TPSA) is 90.7 Å². The van der Waals surface area contributed by atoms with Gasteiger partial charge in [-0.05, 0) is 42.2 Å². The Morgan fingerprint density at radius 1 is 1.31 bits per heavy atom. The van der Waals surface area contributed by atoms with E-state index in [0.29, 0.717) is 42.0 Å². The van der Waals surface area contributed by atoms with Gasteiger partial charge in [0, 0.05) is 18.3 Å². The maximum Gasteiger partial charge on any atom is 0.341 e. The van der Waals surface area contributed by atoms with E-state index in [1.165, 1.54) is 25.1 Å². The van der Waals surface area contributed by atoms with Crippen LogP contribution in [0.3, 0.4) is 0 Å². The van der Waals surface area contributed by atoms with Gasteiger partial charge in [-0.15, -0.1) is 0 Å². The first-order valence-corrected chi connectivity index (χ1v) is 9.89. The summed E-state index contributed by atoms with van der Waals surface area (Å²) in [4.78, 5) is 28.6. The number of carboxylic acid groups (broad SMARTS) is 1. The molecular weight excluding hydrogens is 372 g/mol. The summed E-state index contributed by atoms with van der Waals surface area (Å²) < 4.78 is 13.3. The highest BCUT2D eigenvalue weighted by Gasteiger charge is 2.35. The van der Waals surface area contributed by atoms with Gasteiger partial charge in [-0.25, -0.2) is 9.78 Å². The molecule has 1 aliphatic carbocycles. The molecule has 3 heterocycles. The van der Waals surface area contributed by atoms with E-state index in [0.717, 1.165) is 5.56 Å². The van der Waals surface area contributed by atoms with Gasteiger partial charge in [-0.3, -0.25) is 4.79 Å². The summed E-state index contributed by atoms with van der Waals surface area (Å²) in [6.07, 6.45) is 4.49. The minimum atomic E-state index is -1.22. The van der Waals surface area contributed by atoms with E-state index >= 15 is 0 Å². The third kappa shape index (κ3) is 3.61. The van der Waals surface area contributed by atoms with E-state index in [4.69, 9.17) is 9.47 Å². The van der Waals surface area contributed by atoms with Gasteiger partial charge in [0.2, 0.25) is 0 Å². The number of methoxy groups -OCH3 is 1. The maximum absolute atomic E-state index is 12.4. The maximum atomic E-state index is 12.4. The van der Waals surface area contributed by atoms with Gasteiger partial charge in [0.1, 0.15) is 5.56 Å². The average molecular weight is 398 g/mol. The third-order valence-electron chi connectivity index (χ3n) is 5.70. The van der Waals surface area contributed by atoms with Crippen LogP contribution in [-0.4, -0.2) is 34.3 Å². The lowest BCUT2D eigenvalue weighted by Crippen LogP contribution is -2.33. The van der Waals surface area contributed by atoms with Crippen molar-refractivity contribution in [2.45, 2.75) is 46.1 Å². The zero-order valence-electron chi connectivity index (χ0n) is 17.2. The van der Waals surface area contributed by atoms with Crippen molar-refractivity contribution in [3.63, 3.8) is 0 Å². The Bertz CT molecular complexity index is 1030. The Labute approximate surface area is 169 Å². The second-order valence-corrected chi connectivity index (χ2v) is 8.99. The van der Waals surface area contributed by atoms with Gasteiger partial charge >= 0.3 is 5.97 Å². The molecule has 29 heavy (non-hydrogen) atoms. The van der Waals surface area contributed by atoms with E-state index in [1.807, 2.05) is 10.6 Å². The Morgan fingerprint density at radius 2 is 2.03 bits per heavy atom. The number of hydrogen-bond acceptors (Lipinski definition) is 5. The van der Waals surface area contributed by atoms with Crippen molar-refractivity contribution < 1.29 is 19.4 Å². The number of carboxylic acids is 1. The Morgan fingerprint density at radius 3 is 2.62 bits per heavy atom. The first-order valence-electron chi connectivity index (χ1n) is 9.89. The number of aromatic nitrogens is 2. The zero-order valence-corrected chi connectivity index (χ0v) is 17.2. The van der Waals surface area contributed by atoms with Crippen LogP contribution in [0.4, 0.5) is 0 Å². The molecule has 0 bridgehead atoms. The van der Waals surface area contributed by atoms with Crippen LogP contribution in [0.25, 0.3) is 11.4 Å². The molecule has 2 aromatic heterocycles. The Hall–Kier alpha value is -2.83. The molecule has 154 valence electrons. The highest BCUT2D eigenvalue weighted by molar-refractivity contribution is 5.87. The summed E-state index contributed by atoms with van der Waals surface area (Å²) in [5.74, 6) is 0.369. The largest absolute Gasteiger partial charge is 0.488 e. The van der Waals surface area contributed by atoms with E-state index in [-0.39, 0.29) is 17.0 Å². The fourth-order valence-electron chi connectivity index (χ4n) is 3.82. The van der Waals surface area contributed by atoms with E-state index in [9.17, 15) is 14.7 Å². The van der Waals surface area contributed by atoms with Crippen LogP contribution in [-0.2, 0) is 6.42 Å². The standard InChI is InChI=1S/C22H26N2O5/c1-22(2,3)18-8-13-7-17(29-11-12-5-6-12)20(28-4)23-19(13)15-9-16(25)14(21(26)27)10-24(15)18/h7,9-10,12,18H,5-6,8,11H2,1-4H3,(H,26,27)/t18-/m0/s1. The normalized spacial score (nSPS) is 18.0. The highest BCUT2D eigenvalue weighted by atomic mass is 16.5. The number of aromatic carboxylic acids is 1. The minimum absolute atomic E-state index is 0.0322. The molecule has 1 saturated carbocycles. The van der Waals surface area contributed by atoms with E-state index in [2.05, 4.69) is 25.8 Å². The fourth-order valence-corrected chi connectivity index (χ4v) is 3.82. The van der Waals surface area contributed by atoms with Crippen molar-refractivity contribution in [3.05, 3.63) is 39.7 Å². The number of ether oxygens (including phenoxy) is 2. The summed E-state index contributed by atoms with van der Waals surface area (Å²) >= 11 is 0. The molecule has 4 rings (SSSR count). The lowest BCUT2D eigenvalue weighted by Gasteiger charge is -2.38. The van der Waals surface area contributed by atoms with Crippen molar-refractivity contribution in [2.24, 2.45) is 11.3 Å². The van der Waals surface area contributed by atoms with Gasteiger partial charge in [-0.1, -0.05) is 20.8 Å². The van der Waals surface area contributed by atoms with Gasteiger partial charge in [-0.2, -0.15) is 0 Å². The molecule has 1 aliphatic heterocycles. The first-order chi connectivity index (χ1) is 13.7. The summed E-state index contributed by atoms with van der Waals surface area (Å²) in [7, 11) is 1.54. The summed E-state index contributed by atoms with van der Waals surface area (Å²) in [6, 6.07) is 3.30. The summed E-state index contributed by atoms with van der Waals surface area (Å²) in [5.41, 5.74) is 1.29. The predicted octanol–water partition coefficient (Wildman–Crippen LogP) is 3.55. The molecule has 0 amide bonds. The SMILES string of the molecule is COc1nc2c(cc1OCC1CC1)C[C@@H](C(C)(C)C)n1cc(C(=O)O)c(=O)cc1-2. The lowest BCUT2D eigenvalue weighted by molar-refractivity contribution is 0.0693. The van der Waals surface area contributed by atoms with Crippen molar-refractivity contribution >= 4 is 5.97 Å². The number of fused-ring (bicyclic) bond motifs is 3. The number of pyridine rings is 2. The monoisotopic (exact) mass is 398 g/mol. The molecule has 1 atom stereocenters. The molecule has 0 unspecified atom stereocenters. The van der Waals surface area contributed by atoms with Gasteiger partial charge in [0.05, 0.1) is 25.1 Å². The van der Waals surface area contributed by atoms with Crippen LogP contribution in [0.2, 0.25) is 0 Å². The predicted molar refractivity (Wildman–Crippen MR) is 108 cm³/mol. The quantitative estimate of drug-likeness (QED) is 0.828. The molecule has 7 nitrogen and oxygen atoms in total. The highest BCUT2D eigenvalue weighted by Crippen LogP contribution is 2.44. The lowest BCUT2D eigenvalue weighted by atomic mass is 9.80. The first kappa shape index (κ1) is 19.5. The molecule has 2 aromatic rings. The summed E-state index contributed by atoms with van der Waals surface area (Å²) in [6.45, 7) is 6.96. The molecular formula is C22H26N2O5. The average Bonchev–Trinajstić information content (AvgIpc) is 3.47. The minimum Gasteiger partial charge on any atom is -0.488 e. The number of hydrogen-bond donors (Lipinski definition) is 1. The molecule has 0 spiro atoms. The molecule has 1 fully saturated rings. The van der Waals surface area contributed by atoms with Crippen molar-refractivity contribution in [3.8, 4) is 23.0 Å². The van der Waals surface area contributed by atoms with Crippen molar-refractivity contribution in [1.82, 2.24) is 9.55 Å². The zero-order chi connectivity index (χ0) is 20.9. The molecule has 2 aliphatic rings. The van der Waals surface area contributed by atoms with E-state index < -0.39 is 11.4 Å². The molecule has 0 saturated heterocycles. The van der Waals surface area contributed by atoms with Gasteiger partial charge < -0.3 is 19.1 Å². The van der Waals surface area contributed by atoms with Crippen LogP contribution >= 0.6 is 0 Å². The molecule has 7 heteroatoms. The van der Waals surface area contributed by atoms with Crippen LogP contribution in [0.5, 0.6) is 11.6 Å². The van der Waals surface area contributed by atoms with E-state index in [1.54, 1.807) is 7.11 Å². The van der Waals surface area contributed by atoms with Gasteiger partial charge in [0.15, 0.2) is 11.2 Å². The smallest absolute Gasteiger partial charge is 0.341 e. The van der Waals surface area contributed by atoms with Gasteiger partial charge in [0.25, 0.3) is 5.88 Å². The third-order valence-corrected chi connectivity index (χ3v) is 5.70. The van der Waals surface area contributed by atoms with Crippen LogP contribution in [0.1, 0.15) is 55.6 Å². The second kappa shape index (κ2) is 6.90. The molecule has 0 aromatic carbocycles. The van der Waals surface area contributed by atoms with Crippen molar-refractivity contribution in [1.29, 1.82) is 0 Å². The van der Waals surface area contributed by atoms with Crippen LogP contribution < -0.4 is 14.9 Å². The molecule has 0 radical (unpaired) electrons. The summed E-state index contributed by atoms with van der Waals surface area (Å²) in [5, 5.41) is 9.41. The fraction of sp³-hybridized carbons (Fsp3) is 0.500. The molecule has 1 N–H and O–H groups in total. The number of rotatable bonds is 5. The Balaban J connectivity index is 1.88.